The Kier molecular flexibility index (Phi) is 3.74. The first-order valence-electron chi connectivity index (χ1n) is 5.82. The zero-order valence-electron chi connectivity index (χ0n) is 11.2. The molecule has 0 atom stereocenters. The van der Waals surface area contributed by atoms with Crippen LogP contribution in [0.25, 0.3) is 0 Å². The van der Waals surface area contributed by atoms with E-state index in [0.29, 0.717) is 17.9 Å². The van der Waals surface area contributed by atoms with Crippen molar-refractivity contribution in [2.24, 2.45) is 7.05 Å². The van der Waals surface area contributed by atoms with E-state index in [-0.39, 0.29) is 5.91 Å². The van der Waals surface area contributed by atoms with E-state index in [4.69, 9.17) is 0 Å². The molecule has 2 rings (SSSR count). The number of pyridine rings is 1. The SMILES string of the molecule is CN(C)C(=O)c1ccc(NCc2nncn2C)nc1. The molecule has 0 aliphatic carbocycles. The van der Waals surface area contributed by atoms with Crippen LogP contribution in [0.1, 0.15) is 16.2 Å². The summed E-state index contributed by atoms with van der Waals surface area (Å²) < 4.78 is 1.83. The zero-order chi connectivity index (χ0) is 13.8. The van der Waals surface area contributed by atoms with Crippen molar-refractivity contribution in [3.05, 3.63) is 36.0 Å². The van der Waals surface area contributed by atoms with Crippen LogP contribution in [0.3, 0.4) is 0 Å². The molecular formula is C12H16N6O. The van der Waals surface area contributed by atoms with Gasteiger partial charge in [0.05, 0.1) is 12.1 Å². The van der Waals surface area contributed by atoms with Crippen LogP contribution in [0.15, 0.2) is 24.7 Å². The minimum atomic E-state index is -0.0626. The summed E-state index contributed by atoms with van der Waals surface area (Å²) in [7, 11) is 5.30. The molecule has 2 heterocycles. The van der Waals surface area contributed by atoms with E-state index in [0.717, 1.165) is 5.82 Å². The van der Waals surface area contributed by atoms with E-state index in [1.54, 1.807) is 38.8 Å². The Balaban J connectivity index is 1.99. The van der Waals surface area contributed by atoms with Crippen LogP contribution in [0.4, 0.5) is 5.82 Å². The Labute approximate surface area is 111 Å². The fourth-order valence-corrected chi connectivity index (χ4v) is 1.52. The minimum absolute atomic E-state index is 0.0626. The van der Waals surface area contributed by atoms with Gasteiger partial charge >= 0.3 is 0 Å². The highest BCUT2D eigenvalue weighted by Gasteiger charge is 2.08. The summed E-state index contributed by atoms with van der Waals surface area (Å²) in [6.45, 7) is 0.532. The fourth-order valence-electron chi connectivity index (χ4n) is 1.52. The van der Waals surface area contributed by atoms with Crippen LogP contribution in [0.5, 0.6) is 0 Å². The van der Waals surface area contributed by atoms with Crippen LogP contribution in [-0.4, -0.2) is 44.7 Å². The van der Waals surface area contributed by atoms with E-state index >= 15 is 0 Å². The van der Waals surface area contributed by atoms with E-state index < -0.39 is 0 Å². The maximum absolute atomic E-state index is 11.7. The first-order chi connectivity index (χ1) is 9.08. The minimum Gasteiger partial charge on any atom is -0.363 e. The van der Waals surface area contributed by atoms with E-state index in [9.17, 15) is 4.79 Å². The van der Waals surface area contributed by atoms with Gasteiger partial charge in [-0.05, 0) is 12.1 Å². The maximum Gasteiger partial charge on any atom is 0.254 e. The van der Waals surface area contributed by atoms with Gasteiger partial charge in [-0.3, -0.25) is 4.79 Å². The normalized spacial score (nSPS) is 10.3. The van der Waals surface area contributed by atoms with Gasteiger partial charge in [-0.25, -0.2) is 4.98 Å². The van der Waals surface area contributed by atoms with Gasteiger partial charge < -0.3 is 14.8 Å². The molecule has 0 unspecified atom stereocenters. The number of hydrogen-bond acceptors (Lipinski definition) is 5. The van der Waals surface area contributed by atoms with Crippen molar-refractivity contribution in [1.82, 2.24) is 24.6 Å². The molecule has 0 aromatic carbocycles. The van der Waals surface area contributed by atoms with Crippen molar-refractivity contribution >= 4 is 11.7 Å². The number of anilines is 1. The molecule has 0 saturated carbocycles. The monoisotopic (exact) mass is 260 g/mol. The maximum atomic E-state index is 11.7. The van der Waals surface area contributed by atoms with Gasteiger partial charge in [0.2, 0.25) is 0 Å². The average Bonchev–Trinajstić information content (AvgIpc) is 2.81. The van der Waals surface area contributed by atoms with Crippen molar-refractivity contribution in [3.63, 3.8) is 0 Å². The van der Waals surface area contributed by atoms with Crippen molar-refractivity contribution in [3.8, 4) is 0 Å². The topological polar surface area (TPSA) is 75.9 Å². The lowest BCUT2D eigenvalue weighted by atomic mass is 10.2. The molecule has 2 aromatic heterocycles. The number of rotatable bonds is 4. The van der Waals surface area contributed by atoms with Gasteiger partial charge in [0, 0.05) is 27.3 Å². The molecule has 0 aliphatic rings. The number of aromatic nitrogens is 4. The van der Waals surface area contributed by atoms with Gasteiger partial charge in [0.25, 0.3) is 5.91 Å². The van der Waals surface area contributed by atoms with Gasteiger partial charge in [-0.2, -0.15) is 0 Å². The van der Waals surface area contributed by atoms with Crippen LogP contribution in [0.2, 0.25) is 0 Å². The summed E-state index contributed by atoms with van der Waals surface area (Å²) >= 11 is 0. The number of hydrogen-bond donors (Lipinski definition) is 1. The Morgan fingerprint density at radius 1 is 1.42 bits per heavy atom. The molecular weight excluding hydrogens is 244 g/mol. The molecule has 1 N–H and O–H groups in total. The highest BCUT2D eigenvalue weighted by atomic mass is 16.2. The molecule has 100 valence electrons. The third-order valence-corrected chi connectivity index (χ3v) is 2.65. The molecule has 0 bridgehead atoms. The Morgan fingerprint density at radius 2 is 2.21 bits per heavy atom. The summed E-state index contributed by atoms with van der Waals surface area (Å²) in [5, 5.41) is 10.9. The molecule has 2 aromatic rings. The van der Waals surface area contributed by atoms with Crippen molar-refractivity contribution in [1.29, 1.82) is 0 Å². The summed E-state index contributed by atoms with van der Waals surface area (Å²) in [5.41, 5.74) is 0.564. The predicted molar refractivity (Wildman–Crippen MR) is 70.6 cm³/mol. The van der Waals surface area contributed by atoms with Gasteiger partial charge in [0.15, 0.2) is 5.82 Å². The predicted octanol–water partition coefficient (Wildman–Crippen LogP) is 0.524. The molecule has 0 saturated heterocycles. The number of carbonyl (C=O) groups is 1. The van der Waals surface area contributed by atoms with Crippen LogP contribution >= 0.6 is 0 Å². The molecule has 0 radical (unpaired) electrons. The lowest BCUT2D eigenvalue weighted by Crippen LogP contribution is -2.21. The van der Waals surface area contributed by atoms with E-state index in [2.05, 4.69) is 20.5 Å². The molecule has 0 fully saturated rings. The third-order valence-electron chi connectivity index (χ3n) is 2.65. The second kappa shape index (κ2) is 5.47. The lowest BCUT2D eigenvalue weighted by molar-refractivity contribution is 0.0827. The summed E-state index contributed by atoms with van der Waals surface area (Å²) in [6.07, 6.45) is 3.20. The average molecular weight is 260 g/mol. The number of aryl methyl sites for hydroxylation is 1. The quantitative estimate of drug-likeness (QED) is 0.867. The highest BCUT2D eigenvalue weighted by Crippen LogP contribution is 2.07. The van der Waals surface area contributed by atoms with Crippen molar-refractivity contribution in [2.45, 2.75) is 6.54 Å². The van der Waals surface area contributed by atoms with E-state index in [1.165, 1.54) is 4.90 Å². The largest absolute Gasteiger partial charge is 0.363 e. The number of nitrogens with zero attached hydrogens (tertiary/aromatic N) is 5. The molecule has 7 nitrogen and oxygen atoms in total. The first-order valence-corrected chi connectivity index (χ1v) is 5.82. The van der Waals surface area contributed by atoms with Gasteiger partial charge in [0.1, 0.15) is 12.1 Å². The number of nitrogens with one attached hydrogen (secondary N) is 1. The highest BCUT2D eigenvalue weighted by molar-refractivity contribution is 5.93. The third kappa shape index (κ3) is 3.06. The number of amides is 1. The summed E-state index contributed by atoms with van der Waals surface area (Å²) in [6, 6.07) is 3.52. The molecule has 7 heteroatoms. The van der Waals surface area contributed by atoms with E-state index in [1.807, 2.05) is 11.6 Å². The summed E-state index contributed by atoms with van der Waals surface area (Å²) in [4.78, 5) is 17.4. The Bertz CT molecular complexity index is 560. The van der Waals surface area contributed by atoms with Gasteiger partial charge in [-0.15, -0.1) is 10.2 Å². The molecule has 0 spiro atoms. The number of carbonyl (C=O) groups excluding carboxylic acids is 1. The molecule has 0 aliphatic heterocycles. The zero-order valence-corrected chi connectivity index (χ0v) is 11.2. The molecule has 1 amide bonds. The second-order valence-electron chi connectivity index (χ2n) is 4.34. The Morgan fingerprint density at radius 3 is 2.74 bits per heavy atom. The molecule has 19 heavy (non-hydrogen) atoms. The lowest BCUT2D eigenvalue weighted by Gasteiger charge is -2.10. The fraction of sp³-hybridized carbons (Fsp3) is 0.333. The van der Waals surface area contributed by atoms with Crippen molar-refractivity contribution in [2.75, 3.05) is 19.4 Å². The van der Waals surface area contributed by atoms with Crippen LogP contribution < -0.4 is 5.32 Å². The smallest absolute Gasteiger partial charge is 0.254 e. The first kappa shape index (κ1) is 13.0. The van der Waals surface area contributed by atoms with Crippen molar-refractivity contribution < 1.29 is 4.79 Å². The standard InChI is InChI=1S/C12H16N6O/c1-17(2)12(19)9-4-5-10(13-6-9)14-7-11-16-15-8-18(11)3/h4-6,8H,7H2,1-3H3,(H,13,14). The summed E-state index contributed by atoms with van der Waals surface area (Å²) in [5.74, 6) is 1.45. The second-order valence-corrected chi connectivity index (χ2v) is 4.34. The Hall–Kier alpha value is -2.44. The van der Waals surface area contributed by atoms with Crippen LogP contribution in [-0.2, 0) is 13.6 Å². The van der Waals surface area contributed by atoms with Gasteiger partial charge in [-0.1, -0.05) is 0 Å². The van der Waals surface area contributed by atoms with Crippen LogP contribution in [0, 0.1) is 0 Å².